The molecular formula is C14H31N. The lowest BCUT2D eigenvalue weighted by Gasteiger charge is -2.05. The molecule has 0 aliphatic carbocycles. The molecule has 0 saturated carbocycles. The highest BCUT2D eigenvalue weighted by Gasteiger charge is 1.95. The van der Waals surface area contributed by atoms with Gasteiger partial charge >= 0.3 is 0 Å². The molecule has 0 aromatic heterocycles. The SMILES string of the molecule is C=C.CC.CC(C)(C)C.CCCCC#N. The van der Waals surface area contributed by atoms with Crippen molar-refractivity contribution in [3.8, 4) is 6.07 Å². The Hall–Kier alpha value is -0.770. The van der Waals surface area contributed by atoms with Gasteiger partial charge in [-0.3, -0.25) is 0 Å². The predicted molar refractivity (Wildman–Crippen MR) is 72.9 cm³/mol. The largest absolute Gasteiger partial charge is 0.198 e. The minimum absolute atomic E-state index is 0.500. The maximum absolute atomic E-state index is 7.95. The quantitative estimate of drug-likeness (QED) is 0.434. The van der Waals surface area contributed by atoms with Crippen LogP contribution in [0.4, 0.5) is 0 Å². The summed E-state index contributed by atoms with van der Waals surface area (Å²) in [4.78, 5) is 0. The zero-order chi connectivity index (χ0) is 13.3. The Morgan fingerprint density at radius 2 is 1.33 bits per heavy atom. The van der Waals surface area contributed by atoms with Crippen molar-refractivity contribution in [2.45, 2.75) is 67.7 Å². The molecule has 15 heavy (non-hydrogen) atoms. The Morgan fingerprint density at radius 1 is 1.07 bits per heavy atom. The third-order valence-electron chi connectivity index (χ3n) is 0.642. The molecule has 1 nitrogen and oxygen atoms in total. The molecule has 0 bridgehead atoms. The number of nitrogens with zero attached hydrogens (tertiary/aromatic N) is 1. The van der Waals surface area contributed by atoms with Gasteiger partial charge in [0.05, 0.1) is 6.07 Å². The molecule has 0 radical (unpaired) electrons. The monoisotopic (exact) mass is 213 g/mol. The summed E-state index contributed by atoms with van der Waals surface area (Å²) < 4.78 is 0. The Labute approximate surface area is 98.2 Å². The maximum atomic E-state index is 7.95. The highest BCUT2D eigenvalue weighted by Crippen LogP contribution is 2.08. The summed E-state index contributed by atoms with van der Waals surface area (Å²) in [6.07, 6.45) is 2.90. The third-order valence-corrected chi connectivity index (χ3v) is 0.642. The average molecular weight is 213 g/mol. The van der Waals surface area contributed by atoms with Gasteiger partial charge in [-0.05, 0) is 11.8 Å². The number of hydrogen-bond donors (Lipinski definition) is 0. The predicted octanol–water partition coefficient (Wildman–Crippen LogP) is 5.58. The van der Waals surface area contributed by atoms with Gasteiger partial charge in [-0.2, -0.15) is 5.26 Å². The van der Waals surface area contributed by atoms with Crippen LogP contribution in [0.25, 0.3) is 0 Å². The Balaban J connectivity index is -0.0000000610. The van der Waals surface area contributed by atoms with Crippen molar-refractivity contribution in [1.29, 1.82) is 5.26 Å². The average Bonchev–Trinajstić information content (AvgIpc) is 2.18. The molecule has 1 heteroatoms. The van der Waals surface area contributed by atoms with E-state index in [0.717, 1.165) is 19.3 Å². The first kappa shape index (κ1) is 23.8. The van der Waals surface area contributed by atoms with Gasteiger partial charge in [0.25, 0.3) is 0 Å². The first-order valence-corrected chi connectivity index (χ1v) is 5.78. The second-order valence-corrected chi connectivity index (χ2v) is 4.26. The smallest absolute Gasteiger partial charge is 0.0621 e. The third kappa shape index (κ3) is 336. The van der Waals surface area contributed by atoms with Crippen LogP contribution in [-0.2, 0) is 0 Å². The van der Waals surface area contributed by atoms with Crippen LogP contribution in [0.15, 0.2) is 13.2 Å². The molecule has 0 aromatic carbocycles. The fourth-order valence-corrected chi connectivity index (χ4v) is 0.256. The van der Waals surface area contributed by atoms with Crippen molar-refractivity contribution in [3.63, 3.8) is 0 Å². The summed E-state index contributed by atoms with van der Waals surface area (Å²) in [5.41, 5.74) is 0.500. The first-order valence-electron chi connectivity index (χ1n) is 5.78. The minimum atomic E-state index is 0.500. The standard InChI is InChI=1S/C5H9N.C5H12.C2H6.C2H4/c1-2-3-4-5-6;1-5(2,3)4;2*1-2/h2-4H2,1H3;1-4H3;1-2H3;1-2H2. The van der Waals surface area contributed by atoms with E-state index < -0.39 is 0 Å². The molecule has 0 N–H and O–H groups in total. The molecule has 0 atom stereocenters. The first-order chi connectivity index (χ1) is 6.91. The fraction of sp³-hybridized carbons (Fsp3) is 0.786. The van der Waals surface area contributed by atoms with Crippen LogP contribution in [0.3, 0.4) is 0 Å². The van der Waals surface area contributed by atoms with E-state index in [2.05, 4.69) is 53.8 Å². The molecule has 0 unspecified atom stereocenters. The normalized spacial score (nSPS) is 7.60. The van der Waals surface area contributed by atoms with Crippen LogP contribution in [0.1, 0.15) is 67.7 Å². The molecule has 0 amide bonds. The summed E-state index contributed by atoms with van der Waals surface area (Å²) >= 11 is 0. The van der Waals surface area contributed by atoms with Crippen LogP contribution in [0.5, 0.6) is 0 Å². The minimum Gasteiger partial charge on any atom is -0.198 e. The molecule has 0 rings (SSSR count). The zero-order valence-electron chi connectivity index (χ0n) is 12.0. The van der Waals surface area contributed by atoms with Crippen molar-refractivity contribution in [1.82, 2.24) is 0 Å². The lowest BCUT2D eigenvalue weighted by atomic mass is 10.0. The molecule has 0 aliphatic heterocycles. The molecule has 0 spiro atoms. The Kier molecular flexibility index (Phi) is 36.9. The van der Waals surface area contributed by atoms with Gasteiger partial charge in [-0.1, -0.05) is 54.9 Å². The van der Waals surface area contributed by atoms with E-state index >= 15 is 0 Å². The highest BCUT2D eigenvalue weighted by atomic mass is 14.2. The van der Waals surface area contributed by atoms with Crippen molar-refractivity contribution < 1.29 is 0 Å². The molecule has 0 aliphatic rings. The Morgan fingerprint density at radius 3 is 1.40 bits per heavy atom. The van der Waals surface area contributed by atoms with E-state index in [4.69, 9.17) is 5.26 Å². The van der Waals surface area contributed by atoms with Crippen LogP contribution in [0.2, 0.25) is 0 Å². The summed E-state index contributed by atoms with van der Waals surface area (Å²) in [7, 11) is 0. The summed E-state index contributed by atoms with van der Waals surface area (Å²) in [5.74, 6) is 0. The number of nitriles is 1. The molecule has 92 valence electrons. The van der Waals surface area contributed by atoms with E-state index in [0.29, 0.717) is 5.41 Å². The highest BCUT2D eigenvalue weighted by molar-refractivity contribution is 4.66. The van der Waals surface area contributed by atoms with Gasteiger partial charge in [0.15, 0.2) is 0 Å². The Bertz CT molecular complexity index is 108. The van der Waals surface area contributed by atoms with Crippen LogP contribution >= 0.6 is 0 Å². The number of rotatable bonds is 2. The summed E-state index contributed by atoms with van der Waals surface area (Å²) in [6.45, 7) is 20.8. The van der Waals surface area contributed by atoms with Crippen LogP contribution < -0.4 is 0 Å². The zero-order valence-corrected chi connectivity index (χ0v) is 12.0. The van der Waals surface area contributed by atoms with E-state index in [9.17, 15) is 0 Å². The van der Waals surface area contributed by atoms with Crippen LogP contribution in [-0.4, -0.2) is 0 Å². The maximum Gasteiger partial charge on any atom is 0.0621 e. The van der Waals surface area contributed by atoms with Gasteiger partial charge in [0, 0.05) is 6.42 Å². The van der Waals surface area contributed by atoms with E-state index in [1.165, 1.54) is 0 Å². The van der Waals surface area contributed by atoms with Crippen LogP contribution in [0, 0.1) is 16.7 Å². The second-order valence-electron chi connectivity index (χ2n) is 4.26. The van der Waals surface area contributed by atoms with Crippen molar-refractivity contribution in [2.24, 2.45) is 5.41 Å². The number of unbranched alkanes of at least 4 members (excludes halogenated alkanes) is 2. The fourth-order valence-electron chi connectivity index (χ4n) is 0.256. The second kappa shape index (κ2) is 23.2. The van der Waals surface area contributed by atoms with E-state index in [-0.39, 0.29) is 0 Å². The molecule has 0 heterocycles. The lowest BCUT2D eigenvalue weighted by molar-refractivity contribution is 0.469. The molecule has 0 saturated heterocycles. The van der Waals surface area contributed by atoms with Gasteiger partial charge < -0.3 is 0 Å². The lowest BCUT2D eigenvalue weighted by Crippen LogP contribution is -1.93. The van der Waals surface area contributed by atoms with E-state index in [1.54, 1.807) is 0 Å². The molecule has 0 fully saturated rings. The summed E-state index contributed by atoms with van der Waals surface area (Å²) in [5, 5.41) is 7.95. The van der Waals surface area contributed by atoms with E-state index in [1.807, 2.05) is 13.8 Å². The topological polar surface area (TPSA) is 23.8 Å². The summed E-state index contributed by atoms with van der Waals surface area (Å²) in [6, 6.07) is 2.07. The number of hydrogen-bond acceptors (Lipinski definition) is 1. The van der Waals surface area contributed by atoms with Crippen molar-refractivity contribution in [2.75, 3.05) is 0 Å². The molecular weight excluding hydrogens is 182 g/mol. The van der Waals surface area contributed by atoms with Gasteiger partial charge in [0.1, 0.15) is 0 Å². The van der Waals surface area contributed by atoms with Crippen molar-refractivity contribution >= 4 is 0 Å². The van der Waals surface area contributed by atoms with Crippen molar-refractivity contribution in [3.05, 3.63) is 13.2 Å². The van der Waals surface area contributed by atoms with Gasteiger partial charge in [-0.25, -0.2) is 0 Å². The van der Waals surface area contributed by atoms with Gasteiger partial charge in [-0.15, -0.1) is 13.2 Å². The van der Waals surface area contributed by atoms with Gasteiger partial charge in [0.2, 0.25) is 0 Å². The molecule has 0 aromatic rings.